The highest BCUT2D eigenvalue weighted by atomic mass is 32.1. The maximum absolute atomic E-state index is 13.8. The van der Waals surface area contributed by atoms with Gasteiger partial charge in [0.2, 0.25) is 0 Å². The number of hydrogen-bond acceptors (Lipinski definition) is 7. The molecule has 9 heteroatoms. The summed E-state index contributed by atoms with van der Waals surface area (Å²) in [7, 11) is 1.71. The van der Waals surface area contributed by atoms with E-state index in [9.17, 15) is 8.78 Å². The molecule has 0 saturated carbocycles. The van der Waals surface area contributed by atoms with Gasteiger partial charge < -0.3 is 9.64 Å². The number of pyridine rings is 1. The van der Waals surface area contributed by atoms with Crippen LogP contribution in [-0.4, -0.2) is 78.6 Å². The zero-order chi connectivity index (χ0) is 26.0. The summed E-state index contributed by atoms with van der Waals surface area (Å²) in [4.78, 5) is 16.5. The number of halogens is 2. The van der Waals surface area contributed by atoms with Gasteiger partial charge in [-0.05, 0) is 31.0 Å². The minimum atomic E-state index is -2.56. The molecule has 200 valence electrons. The molecule has 4 heterocycles. The van der Waals surface area contributed by atoms with Crippen molar-refractivity contribution < 1.29 is 13.5 Å². The molecule has 0 spiro atoms. The average molecular weight is 530 g/mol. The summed E-state index contributed by atoms with van der Waals surface area (Å²) >= 11 is 1.71. The molecule has 0 N–H and O–H groups in total. The Morgan fingerprint density at radius 2 is 1.97 bits per heavy atom. The zero-order valence-electron chi connectivity index (χ0n) is 22.0. The maximum Gasteiger partial charge on any atom is 0.261 e. The van der Waals surface area contributed by atoms with Gasteiger partial charge in [0.1, 0.15) is 11.4 Å². The molecule has 2 saturated heterocycles. The molecular weight excluding hydrogens is 492 g/mol. The van der Waals surface area contributed by atoms with Crippen LogP contribution in [0.15, 0.2) is 35.8 Å². The molecule has 1 atom stereocenters. The lowest BCUT2D eigenvalue weighted by atomic mass is 10.1. The van der Waals surface area contributed by atoms with Crippen LogP contribution in [0.5, 0.6) is 5.75 Å². The molecule has 0 bridgehead atoms. The van der Waals surface area contributed by atoms with E-state index in [2.05, 4.69) is 41.2 Å². The first-order valence-electron chi connectivity index (χ1n) is 13.3. The standard InChI is InChI=1S/C28H37F2N5OS/c1-20(2)27-32-22(18-37-27)23(9-14-33-15-10-28(29,30)19-33)34-12-5-13-35(17-16-34)26-24(36-3)8-7-21-6-4-11-31-25(21)26/h4,6-8,11,18,20,23H,5,9-10,12-17,19H2,1-3H3. The second kappa shape index (κ2) is 11.2. The molecule has 5 rings (SSSR count). The van der Waals surface area contributed by atoms with Gasteiger partial charge in [-0.3, -0.25) is 14.8 Å². The Kier molecular flexibility index (Phi) is 7.93. The van der Waals surface area contributed by atoms with Gasteiger partial charge in [0.25, 0.3) is 5.92 Å². The summed E-state index contributed by atoms with van der Waals surface area (Å²) < 4.78 is 33.4. The molecule has 2 aliphatic heterocycles. The number of aromatic nitrogens is 2. The van der Waals surface area contributed by atoms with Gasteiger partial charge in [-0.15, -0.1) is 11.3 Å². The molecule has 3 aromatic rings. The van der Waals surface area contributed by atoms with Crippen molar-refractivity contribution >= 4 is 27.9 Å². The van der Waals surface area contributed by atoms with Crippen molar-refractivity contribution in [2.75, 3.05) is 57.8 Å². The minimum absolute atomic E-state index is 0.0363. The number of anilines is 1. The SMILES string of the molecule is COc1ccc2cccnc2c1N1CCCN(C(CCN2CCC(F)(F)C2)c2csc(C(C)C)n2)CC1. The number of alkyl halides is 2. The highest BCUT2D eigenvalue weighted by molar-refractivity contribution is 7.09. The third-order valence-electron chi connectivity index (χ3n) is 7.56. The van der Waals surface area contributed by atoms with E-state index in [1.54, 1.807) is 18.4 Å². The summed E-state index contributed by atoms with van der Waals surface area (Å²) in [5.74, 6) is -1.34. The van der Waals surface area contributed by atoms with Gasteiger partial charge in [0.05, 0.1) is 35.9 Å². The summed E-state index contributed by atoms with van der Waals surface area (Å²) in [6.45, 7) is 8.88. The van der Waals surface area contributed by atoms with Crippen molar-refractivity contribution in [1.82, 2.24) is 19.8 Å². The van der Waals surface area contributed by atoms with E-state index in [4.69, 9.17) is 14.7 Å². The maximum atomic E-state index is 13.8. The lowest BCUT2D eigenvalue weighted by Crippen LogP contribution is -2.36. The molecule has 0 aliphatic carbocycles. The number of methoxy groups -OCH3 is 1. The number of hydrogen-bond donors (Lipinski definition) is 0. The van der Waals surface area contributed by atoms with Gasteiger partial charge in [0, 0.05) is 68.6 Å². The third kappa shape index (κ3) is 5.89. The van der Waals surface area contributed by atoms with Gasteiger partial charge in [-0.25, -0.2) is 13.8 Å². The van der Waals surface area contributed by atoms with Gasteiger partial charge >= 0.3 is 0 Å². The van der Waals surface area contributed by atoms with Crippen LogP contribution in [0, 0.1) is 0 Å². The molecule has 2 aliphatic rings. The first kappa shape index (κ1) is 26.3. The van der Waals surface area contributed by atoms with Crippen LogP contribution in [0.4, 0.5) is 14.5 Å². The number of fused-ring (bicyclic) bond motifs is 1. The summed E-state index contributed by atoms with van der Waals surface area (Å²) in [5, 5.41) is 4.41. The topological polar surface area (TPSA) is 44.7 Å². The van der Waals surface area contributed by atoms with Gasteiger partial charge in [-0.2, -0.15) is 0 Å². The van der Waals surface area contributed by atoms with Crippen molar-refractivity contribution in [2.24, 2.45) is 0 Å². The predicted octanol–water partition coefficient (Wildman–Crippen LogP) is 5.81. The fourth-order valence-corrected chi connectivity index (χ4v) is 6.47. The zero-order valence-corrected chi connectivity index (χ0v) is 22.8. The number of likely N-dealkylation sites (tertiary alicyclic amines) is 1. The number of rotatable bonds is 8. The van der Waals surface area contributed by atoms with Crippen LogP contribution in [-0.2, 0) is 0 Å². The van der Waals surface area contributed by atoms with E-state index in [-0.39, 0.29) is 19.0 Å². The van der Waals surface area contributed by atoms with Crippen LogP contribution in [0.25, 0.3) is 10.9 Å². The Labute approximate surface area is 222 Å². The summed E-state index contributed by atoms with van der Waals surface area (Å²) in [6, 6.07) is 8.25. The normalized spacial score (nSPS) is 20.0. The summed E-state index contributed by atoms with van der Waals surface area (Å²) in [5.41, 5.74) is 3.09. The first-order valence-corrected chi connectivity index (χ1v) is 14.2. The van der Waals surface area contributed by atoms with Gasteiger partial charge in [0.15, 0.2) is 0 Å². The molecule has 37 heavy (non-hydrogen) atoms. The largest absolute Gasteiger partial charge is 0.494 e. The van der Waals surface area contributed by atoms with Crippen LogP contribution in [0.3, 0.4) is 0 Å². The Hall–Kier alpha value is -2.36. The van der Waals surface area contributed by atoms with Crippen molar-refractivity contribution in [2.45, 2.75) is 51.0 Å². The third-order valence-corrected chi connectivity index (χ3v) is 8.72. The number of benzene rings is 1. The van der Waals surface area contributed by atoms with E-state index >= 15 is 0 Å². The lowest BCUT2D eigenvalue weighted by molar-refractivity contribution is 0.0114. The lowest BCUT2D eigenvalue weighted by Gasteiger charge is -2.31. The molecule has 0 amide bonds. The van der Waals surface area contributed by atoms with Crippen molar-refractivity contribution in [3.8, 4) is 5.75 Å². The smallest absolute Gasteiger partial charge is 0.261 e. The highest BCUT2D eigenvalue weighted by Crippen LogP contribution is 2.37. The van der Waals surface area contributed by atoms with Crippen LogP contribution >= 0.6 is 11.3 Å². The quantitative estimate of drug-likeness (QED) is 0.367. The van der Waals surface area contributed by atoms with E-state index in [1.807, 2.05) is 23.2 Å². The number of ether oxygens (including phenoxy) is 1. The van der Waals surface area contributed by atoms with Crippen molar-refractivity contribution in [1.29, 1.82) is 0 Å². The molecule has 2 aromatic heterocycles. The molecule has 1 unspecified atom stereocenters. The van der Waals surface area contributed by atoms with E-state index in [0.29, 0.717) is 19.0 Å². The molecule has 1 aromatic carbocycles. The van der Waals surface area contributed by atoms with Crippen LogP contribution in [0.1, 0.15) is 55.8 Å². The highest BCUT2D eigenvalue weighted by Gasteiger charge is 2.38. The second-order valence-corrected chi connectivity index (χ2v) is 11.4. The minimum Gasteiger partial charge on any atom is -0.494 e. The first-order chi connectivity index (χ1) is 17.8. The van der Waals surface area contributed by atoms with Crippen LogP contribution in [0.2, 0.25) is 0 Å². The van der Waals surface area contributed by atoms with Crippen molar-refractivity contribution in [3.05, 3.63) is 46.5 Å². The predicted molar refractivity (Wildman–Crippen MR) is 146 cm³/mol. The Bertz CT molecular complexity index is 1200. The van der Waals surface area contributed by atoms with Crippen LogP contribution < -0.4 is 9.64 Å². The second-order valence-electron chi connectivity index (χ2n) is 10.5. The molecule has 2 fully saturated rings. The fraction of sp³-hybridized carbons (Fsp3) is 0.571. The monoisotopic (exact) mass is 529 g/mol. The van der Waals surface area contributed by atoms with E-state index < -0.39 is 5.92 Å². The fourth-order valence-electron chi connectivity index (χ4n) is 5.59. The summed E-state index contributed by atoms with van der Waals surface area (Å²) in [6.07, 6.45) is 3.59. The van der Waals surface area contributed by atoms with E-state index in [1.165, 1.54) is 0 Å². The number of thiazole rings is 1. The average Bonchev–Trinajstić information content (AvgIpc) is 3.43. The Balaban J connectivity index is 1.36. The van der Waals surface area contributed by atoms with E-state index in [0.717, 1.165) is 72.1 Å². The molecule has 0 radical (unpaired) electrons. The number of nitrogens with zero attached hydrogens (tertiary/aromatic N) is 5. The molecular formula is C28H37F2N5OS. The van der Waals surface area contributed by atoms with Crippen molar-refractivity contribution in [3.63, 3.8) is 0 Å². The van der Waals surface area contributed by atoms with Gasteiger partial charge in [-0.1, -0.05) is 19.9 Å². The Morgan fingerprint density at radius 3 is 2.70 bits per heavy atom. The molecule has 6 nitrogen and oxygen atoms in total. The Morgan fingerprint density at radius 1 is 1.11 bits per heavy atom.